The topological polar surface area (TPSA) is 39.7 Å². The van der Waals surface area contributed by atoms with Gasteiger partial charge in [0.05, 0.1) is 5.56 Å². The molecule has 0 bridgehead atoms. The average molecular weight is 411 g/mol. The van der Waals surface area contributed by atoms with Gasteiger partial charge in [-0.25, -0.2) is 9.37 Å². The molecule has 2 saturated heterocycles. The van der Waals surface area contributed by atoms with E-state index in [0.717, 1.165) is 56.4 Å². The fraction of sp³-hybridized carbons (Fsp3) is 0.500. The Morgan fingerprint density at radius 3 is 2.20 bits per heavy atom. The second kappa shape index (κ2) is 9.02. The first kappa shape index (κ1) is 20.6. The predicted molar refractivity (Wildman–Crippen MR) is 119 cm³/mol. The molecule has 4 rings (SSSR count). The molecule has 2 aromatic rings. The normalized spacial score (nSPS) is 18.5. The van der Waals surface area contributed by atoms with Crippen molar-refractivity contribution < 1.29 is 9.18 Å². The number of amides is 1. The summed E-state index contributed by atoms with van der Waals surface area (Å²) >= 11 is 0. The van der Waals surface area contributed by atoms with Crippen LogP contribution in [0.3, 0.4) is 0 Å². The van der Waals surface area contributed by atoms with Crippen LogP contribution in [-0.4, -0.2) is 55.1 Å². The van der Waals surface area contributed by atoms with Gasteiger partial charge in [0.25, 0.3) is 5.91 Å². The maximum Gasteiger partial charge on any atom is 0.255 e. The SMILES string of the molecule is CC1CCN(c2ccc(C(=O)N(C)C3CCN(c4ccc(F)cc4)CC3)cn2)CC1. The number of benzene rings is 1. The van der Waals surface area contributed by atoms with Crippen LogP contribution in [-0.2, 0) is 0 Å². The van der Waals surface area contributed by atoms with Gasteiger partial charge in [-0.15, -0.1) is 0 Å². The van der Waals surface area contributed by atoms with Gasteiger partial charge in [-0.2, -0.15) is 0 Å². The predicted octanol–water partition coefficient (Wildman–Crippen LogP) is 4.20. The molecule has 1 aromatic carbocycles. The van der Waals surface area contributed by atoms with Gasteiger partial charge in [-0.05, 0) is 68.0 Å². The van der Waals surface area contributed by atoms with E-state index in [1.54, 1.807) is 6.20 Å². The van der Waals surface area contributed by atoms with E-state index in [0.29, 0.717) is 5.56 Å². The molecule has 2 aliphatic rings. The van der Waals surface area contributed by atoms with Crippen molar-refractivity contribution >= 4 is 17.4 Å². The standard InChI is InChI=1S/C24H31FN4O/c1-18-9-13-29(14-10-18)23-8-3-19(17-26-23)24(30)27(2)21-11-15-28(16-12-21)22-6-4-20(25)5-7-22/h3-8,17-18,21H,9-16H2,1-2H3. The Morgan fingerprint density at radius 1 is 0.967 bits per heavy atom. The quantitative estimate of drug-likeness (QED) is 0.757. The van der Waals surface area contributed by atoms with E-state index in [1.807, 2.05) is 36.2 Å². The van der Waals surface area contributed by atoms with Gasteiger partial charge in [-0.3, -0.25) is 4.79 Å². The number of hydrogen-bond acceptors (Lipinski definition) is 4. The first-order valence-electron chi connectivity index (χ1n) is 11.0. The highest BCUT2D eigenvalue weighted by molar-refractivity contribution is 5.94. The smallest absolute Gasteiger partial charge is 0.255 e. The number of halogens is 1. The van der Waals surface area contributed by atoms with E-state index in [4.69, 9.17) is 0 Å². The molecule has 0 N–H and O–H groups in total. The van der Waals surface area contributed by atoms with Gasteiger partial charge in [0.15, 0.2) is 0 Å². The number of carbonyl (C=O) groups excluding carboxylic acids is 1. The summed E-state index contributed by atoms with van der Waals surface area (Å²) in [5, 5.41) is 0. The average Bonchev–Trinajstić information content (AvgIpc) is 2.79. The number of hydrogen-bond donors (Lipinski definition) is 0. The van der Waals surface area contributed by atoms with Crippen molar-refractivity contribution in [2.24, 2.45) is 5.92 Å². The van der Waals surface area contributed by atoms with Gasteiger partial charge in [0, 0.05) is 51.2 Å². The number of pyridine rings is 1. The molecule has 30 heavy (non-hydrogen) atoms. The molecule has 0 unspecified atom stereocenters. The van der Waals surface area contributed by atoms with Crippen LogP contribution in [0.1, 0.15) is 43.0 Å². The van der Waals surface area contributed by atoms with Crippen molar-refractivity contribution in [2.75, 3.05) is 43.0 Å². The molecule has 3 heterocycles. The Balaban J connectivity index is 1.33. The minimum absolute atomic E-state index is 0.0292. The van der Waals surface area contributed by atoms with E-state index in [1.165, 1.54) is 25.0 Å². The zero-order valence-corrected chi connectivity index (χ0v) is 17.9. The van der Waals surface area contributed by atoms with Crippen molar-refractivity contribution in [3.63, 3.8) is 0 Å². The fourth-order valence-electron chi connectivity index (χ4n) is 4.47. The molecule has 0 radical (unpaired) electrons. The molecule has 2 aliphatic heterocycles. The van der Waals surface area contributed by atoms with E-state index < -0.39 is 0 Å². The third kappa shape index (κ3) is 4.58. The highest BCUT2D eigenvalue weighted by atomic mass is 19.1. The van der Waals surface area contributed by atoms with Gasteiger partial charge >= 0.3 is 0 Å². The lowest BCUT2D eigenvalue weighted by Crippen LogP contribution is -2.45. The number of rotatable bonds is 4. The minimum Gasteiger partial charge on any atom is -0.371 e. The van der Waals surface area contributed by atoms with Crippen LogP contribution in [0.4, 0.5) is 15.9 Å². The first-order chi connectivity index (χ1) is 14.5. The lowest BCUT2D eigenvalue weighted by atomic mass is 9.99. The Morgan fingerprint density at radius 2 is 1.60 bits per heavy atom. The van der Waals surface area contributed by atoms with E-state index in [-0.39, 0.29) is 17.8 Å². The van der Waals surface area contributed by atoms with Crippen molar-refractivity contribution in [1.82, 2.24) is 9.88 Å². The lowest BCUT2D eigenvalue weighted by molar-refractivity contribution is 0.0709. The van der Waals surface area contributed by atoms with Crippen LogP contribution in [0, 0.1) is 11.7 Å². The van der Waals surface area contributed by atoms with Crippen LogP contribution in [0.5, 0.6) is 0 Å². The van der Waals surface area contributed by atoms with E-state index in [9.17, 15) is 9.18 Å². The molecular weight excluding hydrogens is 379 g/mol. The monoisotopic (exact) mass is 410 g/mol. The second-order valence-electron chi connectivity index (χ2n) is 8.69. The number of piperidine rings is 2. The molecule has 1 amide bonds. The zero-order valence-electron chi connectivity index (χ0n) is 17.9. The summed E-state index contributed by atoms with van der Waals surface area (Å²) in [6.45, 7) is 6.09. The van der Waals surface area contributed by atoms with Crippen LogP contribution in [0.15, 0.2) is 42.6 Å². The summed E-state index contributed by atoms with van der Waals surface area (Å²) in [4.78, 5) is 24.0. The molecule has 1 aromatic heterocycles. The molecule has 0 aliphatic carbocycles. The van der Waals surface area contributed by atoms with Crippen molar-refractivity contribution in [3.8, 4) is 0 Å². The second-order valence-corrected chi connectivity index (χ2v) is 8.69. The molecule has 0 spiro atoms. The minimum atomic E-state index is -0.214. The summed E-state index contributed by atoms with van der Waals surface area (Å²) < 4.78 is 13.1. The number of anilines is 2. The maximum absolute atomic E-state index is 13.1. The maximum atomic E-state index is 13.1. The molecule has 2 fully saturated rings. The van der Waals surface area contributed by atoms with Crippen LogP contribution < -0.4 is 9.80 Å². The Kier molecular flexibility index (Phi) is 6.21. The fourth-order valence-corrected chi connectivity index (χ4v) is 4.47. The highest BCUT2D eigenvalue weighted by Gasteiger charge is 2.26. The molecule has 6 heteroatoms. The summed E-state index contributed by atoms with van der Waals surface area (Å²) in [7, 11) is 1.89. The van der Waals surface area contributed by atoms with Crippen molar-refractivity contribution in [3.05, 3.63) is 54.0 Å². The molecule has 5 nitrogen and oxygen atoms in total. The van der Waals surface area contributed by atoms with Gasteiger partial charge in [0.1, 0.15) is 11.6 Å². The summed E-state index contributed by atoms with van der Waals surface area (Å²) in [6.07, 6.45) is 5.91. The third-order valence-electron chi connectivity index (χ3n) is 6.63. The van der Waals surface area contributed by atoms with Gasteiger partial charge in [0.2, 0.25) is 0 Å². The van der Waals surface area contributed by atoms with Crippen molar-refractivity contribution in [2.45, 2.75) is 38.6 Å². The highest BCUT2D eigenvalue weighted by Crippen LogP contribution is 2.24. The summed E-state index contributed by atoms with van der Waals surface area (Å²) in [6, 6.07) is 10.7. The van der Waals surface area contributed by atoms with Crippen LogP contribution in [0.2, 0.25) is 0 Å². The van der Waals surface area contributed by atoms with Crippen LogP contribution in [0.25, 0.3) is 0 Å². The number of aromatic nitrogens is 1. The zero-order chi connectivity index (χ0) is 21.1. The van der Waals surface area contributed by atoms with Gasteiger partial charge < -0.3 is 14.7 Å². The molecular formula is C24H31FN4O. The Bertz CT molecular complexity index is 839. The Labute approximate surface area is 178 Å². The number of carbonyl (C=O) groups is 1. The molecule has 160 valence electrons. The third-order valence-corrected chi connectivity index (χ3v) is 6.63. The summed E-state index contributed by atoms with van der Waals surface area (Å²) in [5.74, 6) is 1.56. The summed E-state index contributed by atoms with van der Waals surface area (Å²) in [5.41, 5.74) is 1.68. The largest absolute Gasteiger partial charge is 0.371 e. The van der Waals surface area contributed by atoms with E-state index >= 15 is 0 Å². The first-order valence-corrected chi connectivity index (χ1v) is 11.0. The number of nitrogens with zero attached hydrogens (tertiary/aromatic N) is 4. The molecule has 0 saturated carbocycles. The van der Waals surface area contributed by atoms with Gasteiger partial charge in [-0.1, -0.05) is 6.92 Å². The lowest BCUT2D eigenvalue weighted by Gasteiger charge is -2.38. The van der Waals surface area contributed by atoms with Crippen LogP contribution >= 0.6 is 0 Å². The molecule has 0 atom stereocenters. The Hall–Kier alpha value is -2.63. The van der Waals surface area contributed by atoms with E-state index in [2.05, 4.69) is 21.7 Å². The van der Waals surface area contributed by atoms with Crippen molar-refractivity contribution in [1.29, 1.82) is 0 Å².